The third-order valence-electron chi connectivity index (χ3n) is 4.35. The van der Waals surface area contributed by atoms with E-state index in [0.29, 0.717) is 0 Å². The maximum absolute atomic E-state index is 11.5. The van der Waals surface area contributed by atoms with Gasteiger partial charge in [0, 0.05) is 11.8 Å². The Morgan fingerprint density at radius 3 is 2.48 bits per heavy atom. The highest BCUT2D eigenvalue weighted by Crippen LogP contribution is 2.30. The number of benzene rings is 1. The lowest BCUT2D eigenvalue weighted by atomic mass is 10.0. The molecule has 5 nitrogen and oxygen atoms in total. The fourth-order valence-corrected chi connectivity index (χ4v) is 3.58. The van der Waals surface area contributed by atoms with Crippen LogP contribution in [0.4, 0.5) is 0 Å². The molecule has 0 fully saturated rings. The molecule has 0 aliphatic heterocycles. The average Bonchev–Trinajstić information content (AvgIpc) is 2.96. The van der Waals surface area contributed by atoms with Crippen molar-refractivity contribution in [1.29, 1.82) is 0 Å². The Bertz CT molecular complexity index is 960. The average molecular weight is 357 g/mol. The minimum atomic E-state index is -3.68. The van der Waals surface area contributed by atoms with Crippen molar-refractivity contribution >= 4 is 15.5 Å². The third-order valence-corrected chi connectivity index (χ3v) is 5.28. The standard InChI is InChI=1S/C19H23N3O2S/c1-2-3-4-5-8-17-19(18-9-6-7-14-22(18)21-17)15-10-12-16(13-11-15)25(20,23)24/h6-7,9-14H,2-5,8H2,1H3,(H2,20,23,24). The van der Waals surface area contributed by atoms with Crippen molar-refractivity contribution in [3.8, 4) is 11.1 Å². The molecule has 2 aromatic heterocycles. The smallest absolute Gasteiger partial charge is 0.238 e. The summed E-state index contributed by atoms with van der Waals surface area (Å²) in [6.45, 7) is 2.20. The van der Waals surface area contributed by atoms with Crippen LogP contribution in [0, 0.1) is 0 Å². The SMILES string of the molecule is CCCCCCc1nn2ccccc2c1-c1ccc(S(N)(=O)=O)cc1. The van der Waals surface area contributed by atoms with E-state index in [1.807, 2.05) is 28.9 Å². The van der Waals surface area contributed by atoms with Crippen LogP contribution in [-0.2, 0) is 16.4 Å². The van der Waals surface area contributed by atoms with Crippen molar-refractivity contribution < 1.29 is 8.42 Å². The first kappa shape index (κ1) is 17.6. The number of pyridine rings is 1. The molecule has 0 aliphatic carbocycles. The number of fused-ring (bicyclic) bond motifs is 1. The molecular formula is C19H23N3O2S. The number of hydrogen-bond donors (Lipinski definition) is 1. The molecule has 3 rings (SSSR count). The van der Waals surface area contributed by atoms with Gasteiger partial charge in [0.25, 0.3) is 0 Å². The van der Waals surface area contributed by atoms with Crippen LogP contribution < -0.4 is 5.14 Å². The molecule has 0 saturated carbocycles. The molecule has 25 heavy (non-hydrogen) atoms. The van der Waals surface area contributed by atoms with Gasteiger partial charge < -0.3 is 0 Å². The van der Waals surface area contributed by atoms with Crippen molar-refractivity contribution in [1.82, 2.24) is 9.61 Å². The number of hydrogen-bond acceptors (Lipinski definition) is 3. The van der Waals surface area contributed by atoms with Crippen molar-refractivity contribution in [3.63, 3.8) is 0 Å². The highest BCUT2D eigenvalue weighted by Gasteiger charge is 2.15. The van der Waals surface area contributed by atoms with Crippen molar-refractivity contribution in [2.24, 2.45) is 5.14 Å². The van der Waals surface area contributed by atoms with Gasteiger partial charge in [0.15, 0.2) is 0 Å². The van der Waals surface area contributed by atoms with Gasteiger partial charge in [-0.2, -0.15) is 5.10 Å². The van der Waals surface area contributed by atoms with E-state index in [1.165, 1.54) is 19.3 Å². The summed E-state index contributed by atoms with van der Waals surface area (Å²) in [5, 5.41) is 9.93. The second-order valence-corrected chi connectivity index (χ2v) is 7.79. The lowest BCUT2D eigenvalue weighted by Gasteiger charge is -2.05. The van der Waals surface area contributed by atoms with Crippen molar-refractivity contribution in [2.45, 2.75) is 43.9 Å². The van der Waals surface area contributed by atoms with E-state index in [9.17, 15) is 8.42 Å². The molecule has 0 atom stereocenters. The predicted octanol–water partition coefficient (Wildman–Crippen LogP) is 3.77. The number of rotatable bonds is 7. The topological polar surface area (TPSA) is 77.5 Å². The molecule has 0 aliphatic rings. The number of nitrogens with two attached hydrogens (primary N) is 1. The van der Waals surface area contributed by atoms with E-state index in [0.717, 1.165) is 35.2 Å². The van der Waals surface area contributed by atoms with Gasteiger partial charge in [0.05, 0.1) is 16.1 Å². The summed E-state index contributed by atoms with van der Waals surface area (Å²) < 4.78 is 24.8. The molecule has 6 heteroatoms. The number of aryl methyl sites for hydroxylation is 1. The van der Waals surface area contributed by atoms with E-state index in [2.05, 4.69) is 6.92 Å². The quantitative estimate of drug-likeness (QED) is 0.654. The molecule has 132 valence electrons. The molecule has 0 bridgehead atoms. The largest absolute Gasteiger partial charge is 0.240 e. The number of primary sulfonamides is 1. The van der Waals surface area contributed by atoms with Gasteiger partial charge in [-0.3, -0.25) is 0 Å². The second kappa shape index (κ2) is 7.37. The Labute approximate surface area is 148 Å². The minimum absolute atomic E-state index is 0.122. The lowest BCUT2D eigenvalue weighted by Crippen LogP contribution is -2.11. The van der Waals surface area contributed by atoms with Gasteiger partial charge in [0.2, 0.25) is 10.0 Å². The first-order chi connectivity index (χ1) is 12.0. The number of aromatic nitrogens is 2. The molecule has 0 saturated heterocycles. The normalized spacial score (nSPS) is 11.9. The number of sulfonamides is 1. The van der Waals surface area contributed by atoms with E-state index in [1.54, 1.807) is 24.3 Å². The van der Waals surface area contributed by atoms with Crippen LogP contribution in [0.15, 0.2) is 53.6 Å². The van der Waals surface area contributed by atoms with E-state index >= 15 is 0 Å². The fourth-order valence-electron chi connectivity index (χ4n) is 3.07. The molecule has 0 radical (unpaired) electrons. The summed E-state index contributed by atoms with van der Waals surface area (Å²) in [5.41, 5.74) is 4.10. The van der Waals surface area contributed by atoms with Crippen LogP contribution in [0.3, 0.4) is 0 Å². The molecule has 0 amide bonds. The van der Waals surface area contributed by atoms with Gasteiger partial charge in [-0.15, -0.1) is 0 Å². The Balaban J connectivity index is 2.01. The zero-order valence-electron chi connectivity index (χ0n) is 14.4. The summed E-state index contributed by atoms with van der Waals surface area (Å²) in [7, 11) is -3.68. The second-order valence-electron chi connectivity index (χ2n) is 6.23. The predicted molar refractivity (Wildman–Crippen MR) is 99.8 cm³/mol. The summed E-state index contributed by atoms with van der Waals surface area (Å²) in [6, 6.07) is 12.7. The van der Waals surface area contributed by atoms with Crippen LogP contribution in [0.5, 0.6) is 0 Å². The molecule has 1 aromatic carbocycles. The van der Waals surface area contributed by atoms with Crippen molar-refractivity contribution in [2.75, 3.05) is 0 Å². The minimum Gasteiger partial charge on any atom is -0.240 e. The Morgan fingerprint density at radius 2 is 1.80 bits per heavy atom. The summed E-state index contributed by atoms with van der Waals surface area (Å²) in [5.74, 6) is 0. The Morgan fingerprint density at radius 1 is 1.04 bits per heavy atom. The monoisotopic (exact) mass is 357 g/mol. The molecule has 0 unspecified atom stereocenters. The number of nitrogens with zero attached hydrogens (tertiary/aromatic N) is 2. The van der Waals surface area contributed by atoms with Crippen LogP contribution >= 0.6 is 0 Å². The maximum atomic E-state index is 11.5. The van der Waals surface area contributed by atoms with Crippen LogP contribution in [0.2, 0.25) is 0 Å². The van der Waals surface area contributed by atoms with Crippen LogP contribution in [-0.4, -0.2) is 18.0 Å². The van der Waals surface area contributed by atoms with Crippen molar-refractivity contribution in [3.05, 3.63) is 54.4 Å². The lowest BCUT2D eigenvalue weighted by molar-refractivity contribution is 0.598. The van der Waals surface area contributed by atoms with Crippen LogP contribution in [0.1, 0.15) is 38.3 Å². The molecular weight excluding hydrogens is 334 g/mol. The fraction of sp³-hybridized carbons (Fsp3) is 0.316. The first-order valence-corrected chi connectivity index (χ1v) is 10.1. The van der Waals surface area contributed by atoms with Gasteiger partial charge >= 0.3 is 0 Å². The zero-order chi connectivity index (χ0) is 17.9. The number of unbranched alkanes of at least 4 members (excludes halogenated alkanes) is 3. The molecule has 0 spiro atoms. The summed E-state index contributed by atoms with van der Waals surface area (Å²) in [4.78, 5) is 0.122. The van der Waals surface area contributed by atoms with E-state index in [-0.39, 0.29) is 4.90 Å². The van der Waals surface area contributed by atoms with E-state index < -0.39 is 10.0 Å². The Kier molecular flexibility index (Phi) is 5.20. The molecule has 2 N–H and O–H groups in total. The third kappa shape index (κ3) is 3.91. The van der Waals surface area contributed by atoms with Crippen LogP contribution in [0.25, 0.3) is 16.6 Å². The zero-order valence-corrected chi connectivity index (χ0v) is 15.2. The van der Waals surface area contributed by atoms with Gasteiger partial charge in [0.1, 0.15) is 0 Å². The van der Waals surface area contributed by atoms with Gasteiger partial charge in [-0.25, -0.2) is 18.1 Å². The summed E-state index contributed by atoms with van der Waals surface area (Å²) >= 11 is 0. The van der Waals surface area contributed by atoms with Gasteiger partial charge in [-0.05, 0) is 42.7 Å². The summed E-state index contributed by atoms with van der Waals surface area (Å²) in [6.07, 6.45) is 7.56. The maximum Gasteiger partial charge on any atom is 0.238 e. The highest BCUT2D eigenvalue weighted by molar-refractivity contribution is 7.89. The Hall–Kier alpha value is -2.18. The molecule has 3 aromatic rings. The molecule has 2 heterocycles. The highest BCUT2D eigenvalue weighted by atomic mass is 32.2. The van der Waals surface area contributed by atoms with E-state index in [4.69, 9.17) is 10.2 Å². The van der Waals surface area contributed by atoms with Gasteiger partial charge in [-0.1, -0.05) is 44.4 Å². The first-order valence-electron chi connectivity index (χ1n) is 8.60.